The van der Waals surface area contributed by atoms with Crippen molar-refractivity contribution in [1.29, 1.82) is 5.26 Å². The van der Waals surface area contributed by atoms with E-state index >= 15 is 0 Å². The maximum Gasteiger partial charge on any atom is 0.251 e. The number of nitrogens with one attached hydrogen (secondary N) is 2. The predicted molar refractivity (Wildman–Crippen MR) is 104 cm³/mol. The van der Waals surface area contributed by atoms with Crippen molar-refractivity contribution in [3.05, 3.63) is 46.8 Å². The number of carbonyl (C=O) groups is 2. The highest BCUT2D eigenvalue weighted by molar-refractivity contribution is 7.13. The van der Waals surface area contributed by atoms with Gasteiger partial charge in [-0.3, -0.25) is 9.59 Å². The summed E-state index contributed by atoms with van der Waals surface area (Å²) in [4.78, 5) is 25.8. The maximum atomic E-state index is 12.5. The van der Waals surface area contributed by atoms with Crippen LogP contribution < -0.4 is 10.6 Å². The Bertz CT molecular complexity index is 803. The van der Waals surface area contributed by atoms with Crippen LogP contribution >= 0.6 is 11.3 Å². The van der Waals surface area contributed by atoms with Crippen molar-refractivity contribution in [2.75, 3.05) is 6.54 Å². The maximum absolute atomic E-state index is 12.5. The Kier molecular flexibility index (Phi) is 6.93. The molecular formula is C20H23N3O2S. The lowest BCUT2D eigenvalue weighted by atomic mass is 10.0. The molecule has 1 aromatic heterocycles. The van der Waals surface area contributed by atoms with Gasteiger partial charge in [-0.2, -0.15) is 5.26 Å². The first-order valence-corrected chi connectivity index (χ1v) is 9.39. The third kappa shape index (κ3) is 5.43. The van der Waals surface area contributed by atoms with Crippen LogP contribution in [0.1, 0.15) is 36.2 Å². The van der Waals surface area contributed by atoms with Gasteiger partial charge >= 0.3 is 0 Å². The summed E-state index contributed by atoms with van der Waals surface area (Å²) in [6, 6.07) is 10.7. The molecule has 0 aliphatic rings. The van der Waals surface area contributed by atoms with Gasteiger partial charge in [0.05, 0.1) is 6.07 Å². The molecule has 1 heterocycles. The fourth-order valence-corrected chi connectivity index (χ4v) is 3.47. The Morgan fingerprint density at radius 3 is 2.46 bits per heavy atom. The van der Waals surface area contributed by atoms with Crippen LogP contribution in [0.4, 0.5) is 0 Å². The third-order valence-corrected chi connectivity index (χ3v) is 4.93. The molecule has 0 aliphatic heterocycles. The van der Waals surface area contributed by atoms with Gasteiger partial charge in [0.25, 0.3) is 5.91 Å². The molecule has 2 aromatic rings. The smallest absolute Gasteiger partial charge is 0.251 e. The summed E-state index contributed by atoms with van der Waals surface area (Å²) in [5.41, 5.74) is 2.78. The van der Waals surface area contributed by atoms with E-state index in [1.54, 1.807) is 23.5 Å². The Morgan fingerprint density at radius 2 is 1.92 bits per heavy atom. The third-order valence-electron chi connectivity index (χ3n) is 3.83. The summed E-state index contributed by atoms with van der Waals surface area (Å²) >= 11 is 1.67. The van der Waals surface area contributed by atoms with Crippen LogP contribution in [0.25, 0.3) is 10.4 Å². The standard InChI is InChI=1S/C20H23N3O2S/c1-13(2)10-17(20(25)22-9-8-21)23-19(24)16-6-4-15(5-7-16)18-11-14(3)12-26-18/h4-7,11-13,17H,9-10H2,1-3H3,(H,22,25)(H,23,24)/t17-/m0/s1. The first-order chi connectivity index (χ1) is 12.4. The summed E-state index contributed by atoms with van der Waals surface area (Å²) in [5, 5.41) is 16.0. The van der Waals surface area contributed by atoms with Crippen LogP contribution in [0.2, 0.25) is 0 Å². The van der Waals surface area contributed by atoms with Crippen molar-refractivity contribution in [1.82, 2.24) is 10.6 Å². The van der Waals surface area contributed by atoms with Gasteiger partial charge in [-0.05, 0) is 54.0 Å². The van der Waals surface area contributed by atoms with Gasteiger partial charge < -0.3 is 10.6 Å². The van der Waals surface area contributed by atoms with Gasteiger partial charge in [0, 0.05) is 10.4 Å². The highest BCUT2D eigenvalue weighted by atomic mass is 32.1. The van der Waals surface area contributed by atoms with E-state index in [1.807, 2.05) is 39.0 Å². The van der Waals surface area contributed by atoms with Crippen molar-refractivity contribution >= 4 is 23.2 Å². The number of thiophene rings is 1. The summed E-state index contributed by atoms with van der Waals surface area (Å²) in [6.45, 7) is 5.94. The van der Waals surface area contributed by atoms with Crippen LogP contribution in [0.5, 0.6) is 0 Å². The van der Waals surface area contributed by atoms with E-state index in [2.05, 4.69) is 22.1 Å². The summed E-state index contributed by atoms with van der Waals surface area (Å²) in [5.74, 6) is -0.395. The zero-order chi connectivity index (χ0) is 19.1. The quantitative estimate of drug-likeness (QED) is 0.733. The molecule has 0 unspecified atom stereocenters. The number of aryl methyl sites for hydroxylation is 1. The molecule has 0 fully saturated rings. The SMILES string of the molecule is Cc1csc(-c2ccc(C(=O)N[C@@H](CC(C)C)C(=O)NCC#N)cc2)c1. The molecule has 136 valence electrons. The van der Waals surface area contributed by atoms with E-state index in [9.17, 15) is 9.59 Å². The van der Waals surface area contributed by atoms with E-state index in [1.165, 1.54) is 5.56 Å². The van der Waals surface area contributed by atoms with Gasteiger partial charge in [-0.15, -0.1) is 11.3 Å². The molecular weight excluding hydrogens is 346 g/mol. The Labute approximate surface area is 158 Å². The molecule has 2 N–H and O–H groups in total. The molecule has 0 bridgehead atoms. The predicted octanol–water partition coefficient (Wildman–Crippen LogP) is 3.51. The number of hydrogen-bond donors (Lipinski definition) is 2. The van der Waals surface area contributed by atoms with E-state index in [4.69, 9.17) is 5.26 Å². The molecule has 1 aromatic carbocycles. The molecule has 1 atom stereocenters. The van der Waals surface area contributed by atoms with E-state index in [-0.39, 0.29) is 24.3 Å². The number of benzene rings is 1. The van der Waals surface area contributed by atoms with E-state index in [0.29, 0.717) is 12.0 Å². The van der Waals surface area contributed by atoms with Crippen LogP contribution in [0.3, 0.4) is 0 Å². The molecule has 26 heavy (non-hydrogen) atoms. The lowest BCUT2D eigenvalue weighted by Gasteiger charge is -2.19. The first-order valence-electron chi connectivity index (χ1n) is 8.51. The van der Waals surface area contributed by atoms with Gasteiger partial charge in [-0.25, -0.2) is 0 Å². The number of nitriles is 1. The normalized spacial score (nSPS) is 11.7. The first kappa shape index (κ1) is 19.7. The van der Waals surface area contributed by atoms with Gasteiger partial charge in [0.2, 0.25) is 5.91 Å². The fourth-order valence-electron chi connectivity index (χ4n) is 2.56. The number of hydrogen-bond acceptors (Lipinski definition) is 4. The Morgan fingerprint density at radius 1 is 1.23 bits per heavy atom. The number of rotatable bonds is 7. The monoisotopic (exact) mass is 369 g/mol. The van der Waals surface area contributed by atoms with Crippen LogP contribution in [-0.2, 0) is 4.79 Å². The second-order valence-corrected chi connectivity index (χ2v) is 7.51. The minimum Gasteiger partial charge on any atom is -0.341 e. The molecule has 5 nitrogen and oxygen atoms in total. The van der Waals surface area contributed by atoms with Crippen LogP contribution in [-0.4, -0.2) is 24.4 Å². The molecule has 0 saturated heterocycles. The van der Waals surface area contributed by atoms with Crippen molar-refractivity contribution in [2.45, 2.75) is 33.2 Å². The minimum absolute atomic E-state index is 0.0712. The Balaban J connectivity index is 2.08. The highest BCUT2D eigenvalue weighted by Gasteiger charge is 2.22. The number of amides is 2. The largest absolute Gasteiger partial charge is 0.341 e. The van der Waals surface area contributed by atoms with Crippen molar-refractivity contribution < 1.29 is 9.59 Å². The molecule has 0 aliphatic carbocycles. The molecule has 2 amide bonds. The lowest BCUT2D eigenvalue weighted by Crippen LogP contribution is -2.47. The van der Waals surface area contributed by atoms with Crippen LogP contribution in [0, 0.1) is 24.2 Å². The zero-order valence-corrected chi connectivity index (χ0v) is 16.0. The number of nitrogens with zero attached hydrogens (tertiary/aromatic N) is 1. The van der Waals surface area contributed by atoms with Gasteiger partial charge in [0.1, 0.15) is 12.6 Å². The van der Waals surface area contributed by atoms with E-state index in [0.717, 1.165) is 10.4 Å². The topological polar surface area (TPSA) is 82.0 Å². The Hall–Kier alpha value is -2.65. The minimum atomic E-state index is -0.657. The average molecular weight is 369 g/mol. The lowest BCUT2D eigenvalue weighted by molar-refractivity contribution is -0.123. The van der Waals surface area contributed by atoms with Gasteiger partial charge in [-0.1, -0.05) is 26.0 Å². The summed E-state index contributed by atoms with van der Waals surface area (Å²) in [6.07, 6.45) is 0.509. The zero-order valence-electron chi connectivity index (χ0n) is 15.2. The molecule has 0 spiro atoms. The van der Waals surface area contributed by atoms with Gasteiger partial charge in [0.15, 0.2) is 0 Å². The highest BCUT2D eigenvalue weighted by Crippen LogP contribution is 2.27. The summed E-state index contributed by atoms with van der Waals surface area (Å²) in [7, 11) is 0. The van der Waals surface area contributed by atoms with E-state index < -0.39 is 6.04 Å². The molecule has 0 saturated carbocycles. The molecule has 2 rings (SSSR count). The van der Waals surface area contributed by atoms with Crippen molar-refractivity contribution in [3.63, 3.8) is 0 Å². The molecule has 6 heteroatoms. The summed E-state index contributed by atoms with van der Waals surface area (Å²) < 4.78 is 0. The second-order valence-electron chi connectivity index (χ2n) is 6.60. The molecule has 0 radical (unpaired) electrons. The fraction of sp³-hybridized carbons (Fsp3) is 0.350. The van der Waals surface area contributed by atoms with Crippen molar-refractivity contribution in [2.24, 2.45) is 5.92 Å². The average Bonchev–Trinajstić information content (AvgIpc) is 3.05. The number of carbonyl (C=O) groups excluding carboxylic acids is 2. The van der Waals surface area contributed by atoms with Crippen molar-refractivity contribution in [3.8, 4) is 16.5 Å². The second kappa shape index (κ2) is 9.16. The van der Waals surface area contributed by atoms with Crippen LogP contribution in [0.15, 0.2) is 35.7 Å².